The van der Waals surface area contributed by atoms with E-state index in [4.69, 9.17) is 0 Å². The Bertz CT molecular complexity index is 487. The Hall–Kier alpha value is -1.17. The molecule has 0 aliphatic heterocycles. The minimum Gasteiger partial charge on any atom is -0.286 e. The van der Waals surface area contributed by atoms with Crippen LogP contribution in [0.4, 0.5) is 0 Å². The van der Waals surface area contributed by atoms with Crippen LogP contribution in [0.5, 0.6) is 0 Å². The minimum absolute atomic E-state index is 0.205. The van der Waals surface area contributed by atoms with Crippen LogP contribution in [-0.4, -0.2) is 24.2 Å². The van der Waals surface area contributed by atoms with Crippen LogP contribution < -0.4 is 5.56 Å². The molecule has 0 saturated heterocycles. The van der Waals surface area contributed by atoms with E-state index in [1.54, 1.807) is 6.92 Å². The lowest BCUT2D eigenvalue weighted by molar-refractivity contribution is 0.574. The molecule has 1 heterocycles. The van der Waals surface area contributed by atoms with Gasteiger partial charge in [0.15, 0.2) is 0 Å². The second-order valence-corrected chi connectivity index (χ2v) is 4.77. The molecule has 0 saturated carbocycles. The zero-order valence-corrected chi connectivity index (χ0v) is 8.42. The summed E-state index contributed by atoms with van der Waals surface area (Å²) in [6, 6.07) is 0. The van der Waals surface area contributed by atoms with Crippen molar-refractivity contribution in [2.24, 2.45) is 7.05 Å². The van der Waals surface area contributed by atoms with Crippen LogP contribution in [0, 0.1) is 6.92 Å². The fourth-order valence-corrected chi connectivity index (χ4v) is 1.81. The lowest BCUT2D eigenvalue weighted by Crippen LogP contribution is -2.25. The topological polar surface area (TPSA) is 69.0 Å². The maximum absolute atomic E-state index is 11.3. The van der Waals surface area contributed by atoms with E-state index in [2.05, 4.69) is 4.98 Å². The molecule has 0 fully saturated rings. The molecule has 1 aromatic heterocycles. The highest BCUT2D eigenvalue weighted by atomic mass is 32.2. The molecule has 6 heteroatoms. The summed E-state index contributed by atoms with van der Waals surface area (Å²) in [7, 11) is -2.03. The van der Waals surface area contributed by atoms with Crippen molar-refractivity contribution < 1.29 is 8.42 Å². The highest BCUT2D eigenvalue weighted by Gasteiger charge is 2.14. The predicted octanol–water partition coefficient (Wildman–Crippen LogP) is -0.508. The first-order valence-electron chi connectivity index (χ1n) is 3.56. The van der Waals surface area contributed by atoms with Gasteiger partial charge in [-0.15, -0.1) is 0 Å². The van der Waals surface area contributed by atoms with E-state index >= 15 is 0 Å². The molecule has 0 spiro atoms. The van der Waals surface area contributed by atoms with Gasteiger partial charge in [0, 0.05) is 25.1 Å². The summed E-state index contributed by atoms with van der Waals surface area (Å²) in [5, 5.41) is -0.205. The number of rotatable bonds is 1. The fourth-order valence-electron chi connectivity index (χ4n) is 0.990. The third-order valence-corrected chi connectivity index (χ3v) is 2.67. The van der Waals surface area contributed by atoms with E-state index in [-0.39, 0.29) is 10.7 Å². The first-order valence-corrected chi connectivity index (χ1v) is 5.46. The molecule has 0 atom stereocenters. The van der Waals surface area contributed by atoms with Crippen molar-refractivity contribution in [3.05, 3.63) is 22.1 Å². The molecule has 0 N–H and O–H groups in total. The van der Waals surface area contributed by atoms with Crippen LogP contribution in [0.25, 0.3) is 0 Å². The number of nitrogens with zero attached hydrogens (tertiary/aromatic N) is 2. The van der Waals surface area contributed by atoms with Gasteiger partial charge in [0.05, 0.1) is 0 Å². The van der Waals surface area contributed by atoms with Gasteiger partial charge in [-0.25, -0.2) is 13.4 Å². The average Bonchev–Trinajstić information content (AvgIpc) is 1.98. The van der Waals surface area contributed by atoms with E-state index < -0.39 is 9.84 Å². The van der Waals surface area contributed by atoms with Crippen molar-refractivity contribution in [3.8, 4) is 0 Å². The van der Waals surface area contributed by atoms with Crippen molar-refractivity contribution >= 4 is 9.84 Å². The normalized spacial score (nSPS) is 11.6. The molecule has 1 aromatic rings. The molecule has 0 amide bonds. The molecule has 1 rings (SSSR count). The van der Waals surface area contributed by atoms with Crippen molar-refractivity contribution in [3.63, 3.8) is 0 Å². The number of sulfone groups is 1. The van der Waals surface area contributed by atoms with Crippen LogP contribution in [0.2, 0.25) is 0 Å². The standard InChI is InChI=1S/C7H10N2O3S/c1-5-4-8-7(13(3,11)12)9(2)6(5)10/h4H,1-3H3. The van der Waals surface area contributed by atoms with Crippen LogP contribution in [0.3, 0.4) is 0 Å². The van der Waals surface area contributed by atoms with Crippen molar-refractivity contribution in [2.75, 3.05) is 6.26 Å². The number of aryl methyl sites for hydroxylation is 1. The number of hydrogen-bond acceptors (Lipinski definition) is 4. The maximum Gasteiger partial charge on any atom is 0.256 e. The van der Waals surface area contributed by atoms with E-state index in [1.165, 1.54) is 13.2 Å². The summed E-state index contributed by atoms with van der Waals surface area (Å²) in [6.45, 7) is 1.58. The molecule has 0 unspecified atom stereocenters. The molecule has 5 nitrogen and oxygen atoms in total. The Labute approximate surface area is 76.0 Å². The van der Waals surface area contributed by atoms with Gasteiger partial charge >= 0.3 is 0 Å². The Morgan fingerprint density at radius 2 is 2.00 bits per heavy atom. The Morgan fingerprint density at radius 3 is 2.46 bits per heavy atom. The lowest BCUT2D eigenvalue weighted by Gasteiger charge is -2.04. The number of aromatic nitrogens is 2. The highest BCUT2D eigenvalue weighted by molar-refractivity contribution is 7.90. The highest BCUT2D eigenvalue weighted by Crippen LogP contribution is 2.00. The lowest BCUT2D eigenvalue weighted by atomic mass is 10.4. The Balaban J connectivity index is 3.63. The van der Waals surface area contributed by atoms with Crippen LogP contribution in [0.1, 0.15) is 5.56 Å². The van der Waals surface area contributed by atoms with Gasteiger partial charge in [-0.2, -0.15) is 0 Å². The van der Waals surface area contributed by atoms with Gasteiger partial charge in [-0.05, 0) is 6.92 Å². The summed E-state index contributed by atoms with van der Waals surface area (Å²) in [4.78, 5) is 15.0. The molecule has 0 aromatic carbocycles. The van der Waals surface area contributed by atoms with Gasteiger partial charge in [0.2, 0.25) is 15.0 Å². The quantitative estimate of drug-likeness (QED) is 0.575. The third-order valence-electron chi connectivity index (χ3n) is 1.63. The SMILES string of the molecule is Cc1cnc(S(C)(=O)=O)n(C)c1=O. The predicted molar refractivity (Wildman–Crippen MR) is 47.3 cm³/mol. The Morgan fingerprint density at radius 1 is 1.46 bits per heavy atom. The summed E-state index contributed by atoms with van der Waals surface area (Å²) in [6.07, 6.45) is 2.28. The Kier molecular flexibility index (Phi) is 2.25. The molecule has 0 aliphatic rings. The van der Waals surface area contributed by atoms with Crippen molar-refractivity contribution in [1.82, 2.24) is 9.55 Å². The monoisotopic (exact) mass is 202 g/mol. The first-order chi connectivity index (χ1) is 5.84. The van der Waals surface area contributed by atoms with E-state index in [1.807, 2.05) is 0 Å². The zero-order valence-electron chi connectivity index (χ0n) is 7.60. The van der Waals surface area contributed by atoms with E-state index in [0.29, 0.717) is 5.56 Å². The van der Waals surface area contributed by atoms with Gasteiger partial charge in [-0.1, -0.05) is 0 Å². The smallest absolute Gasteiger partial charge is 0.256 e. The molecule has 13 heavy (non-hydrogen) atoms. The van der Waals surface area contributed by atoms with Crippen molar-refractivity contribution in [2.45, 2.75) is 12.1 Å². The van der Waals surface area contributed by atoms with Gasteiger partial charge in [-0.3, -0.25) is 9.36 Å². The van der Waals surface area contributed by atoms with Crippen LogP contribution in [-0.2, 0) is 16.9 Å². The summed E-state index contributed by atoms with van der Waals surface area (Å²) < 4.78 is 23.2. The molecule has 0 radical (unpaired) electrons. The average molecular weight is 202 g/mol. The second kappa shape index (κ2) is 2.95. The largest absolute Gasteiger partial charge is 0.286 e. The van der Waals surface area contributed by atoms with E-state index in [0.717, 1.165) is 10.8 Å². The van der Waals surface area contributed by atoms with E-state index in [9.17, 15) is 13.2 Å². The summed E-state index contributed by atoms with van der Waals surface area (Å²) >= 11 is 0. The minimum atomic E-state index is -3.42. The second-order valence-electron chi connectivity index (χ2n) is 2.86. The summed E-state index contributed by atoms with van der Waals surface area (Å²) in [5.41, 5.74) is 0.0883. The fraction of sp³-hybridized carbons (Fsp3) is 0.429. The molecular weight excluding hydrogens is 192 g/mol. The zero-order chi connectivity index (χ0) is 10.2. The first kappa shape index (κ1) is 9.91. The summed E-state index contributed by atoms with van der Waals surface area (Å²) in [5.74, 6) is 0. The van der Waals surface area contributed by atoms with Crippen LogP contribution >= 0.6 is 0 Å². The van der Waals surface area contributed by atoms with Gasteiger partial charge < -0.3 is 0 Å². The number of hydrogen-bond donors (Lipinski definition) is 0. The van der Waals surface area contributed by atoms with Gasteiger partial charge in [0.25, 0.3) is 5.56 Å². The molecule has 0 bridgehead atoms. The van der Waals surface area contributed by atoms with Crippen molar-refractivity contribution in [1.29, 1.82) is 0 Å². The molecule has 72 valence electrons. The molecule has 0 aliphatic carbocycles. The molecular formula is C7H10N2O3S. The van der Waals surface area contributed by atoms with Crippen LogP contribution in [0.15, 0.2) is 16.1 Å². The third kappa shape index (κ3) is 1.77. The maximum atomic E-state index is 11.3. The van der Waals surface area contributed by atoms with Gasteiger partial charge in [0.1, 0.15) is 0 Å².